The predicted molar refractivity (Wildman–Crippen MR) is 117 cm³/mol. The van der Waals surface area contributed by atoms with E-state index in [0.717, 1.165) is 37.2 Å². The summed E-state index contributed by atoms with van der Waals surface area (Å²) in [5.41, 5.74) is 3.08. The summed E-state index contributed by atoms with van der Waals surface area (Å²) in [6.07, 6.45) is 1.35. The molecular weight excluding hydrogens is 398 g/mol. The van der Waals surface area contributed by atoms with Crippen LogP contribution in [0.2, 0.25) is 0 Å². The first-order valence-corrected chi connectivity index (χ1v) is 10.5. The first-order chi connectivity index (χ1) is 14.9. The second-order valence-corrected chi connectivity index (χ2v) is 7.61. The van der Waals surface area contributed by atoms with Gasteiger partial charge in [0.1, 0.15) is 11.5 Å². The maximum atomic E-state index is 12.0. The fraction of sp³-hybridized carbons (Fsp3) is 0.455. The van der Waals surface area contributed by atoms with E-state index in [2.05, 4.69) is 25.5 Å². The molecule has 0 atom stereocenters. The summed E-state index contributed by atoms with van der Waals surface area (Å²) in [5, 5.41) is 5.14. The van der Waals surface area contributed by atoms with Gasteiger partial charge in [-0.1, -0.05) is 6.07 Å². The van der Waals surface area contributed by atoms with Crippen molar-refractivity contribution >= 4 is 17.8 Å². The smallest absolute Gasteiger partial charge is 0.412 e. The lowest BCUT2D eigenvalue weighted by Gasteiger charge is -2.32. The van der Waals surface area contributed by atoms with Crippen molar-refractivity contribution in [2.45, 2.75) is 39.2 Å². The number of hydrogen-bond acceptors (Lipinski definition) is 6. The van der Waals surface area contributed by atoms with Gasteiger partial charge in [-0.2, -0.15) is 0 Å². The van der Waals surface area contributed by atoms with Crippen molar-refractivity contribution in [3.8, 4) is 0 Å². The number of H-pyrrole nitrogens is 1. The molecule has 2 aromatic heterocycles. The van der Waals surface area contributed by atoms with E-state index < -0.39 is 6.09 Å². The molecule has 1 aliphatic heterocycles. The largest absolute Gasteiger partial charge is 0.450 e. The molecule has 0 bridgehead atoms. The lowest BCUT2D eigenvalue weighted by atomic mass is 9.88. The molecular formula is C22H29N5O4. The number of aromatic amines is 1. The summed E-state index contributed by atoms with van der Waals surface area (Å²) in [6.45, 7) is 6.32. The number of likely N-dealkylation sites (tertiary alicyclic amines) is 1. The van der Waals surface area contributed by atoms with Gasteiger partial charge in [-0.25, -0.2) is 9.78 Å². The van der Waals surface area contributed by atoms with Crippen LogP contribution >= 0.6 is 0 Å². The molecule has 166 valence electrons. The van der Waals surface area contributed by atoms with Crippen LogP contribution in [0.4, 0.5) is 10.6 Å². The molecule has 2 aromatic rings. The molecule has 3 rings (SSSR count). The zero-order valence-corrected chi connectivity index (χ0v) is 18.2. The number of nitrogens with one attached hydrogen (secondary N) is 3. The van der Waals surface area contributed by atoms with Gasteiger partial charge < -0.3 is 15.0 Å². The van der Waals surface area contributed by atoms with Gasteiger partial charge in [0, 0.05) is 25.4 Å². The van der Waals surface area contributed by atoms with E-state index >= 15 is 0 Å². The third kappa shape index (κ3) is 5.91. The van der Waals surface area contributed by atoms with Crippen molar-refractivity contribution < 1.29 is 14.3 Å². The Labute approximate surface area is 181 Å². The lowest BCUT2D eigenvalue weighted by molar-refractivity contribution is 0.0957. The summed E-state index contributed by atoms with van der Waals surface area (Å²) in [7, 11) is 1.60. The van der Waals surface area contributed by atoms with E-state index in [-0.39, 0.29) is 18.1 Å². The monoisotopic (exact) mass is 427 g/mol. The van der Waals surface area contributed by atoms with Crippen molar-refractivity contribution in [3.05, 3.63) is 57.1 Å². The molecule has 0 spiro atoms. The van der Waals surface area contributed by atoms with E-state index in [9.17, 15) is 14.4 Å². The number of carbonyl (C=O) groups is 2. The summed E-state index contributed by atoms with van der Waals surface area (Å²) >= 11 is 0. The number of anilines is 1. The second kappa shape index (κ2) is 10.2. The number of aryl methyl sites for hydroxylation is 1. The standard InChI is InChI=1S/C22H29N5O4/c1-4-31-22(30)26-19-11-15(12-20(28)25-19)13-27-9-7-16(8-10-27)17-5-6-18(21(29)23-3)24-14(17)2/h5-6,11-12,16H,4,7-10,13H2,1-3H3,(H,23,29)(H2,25,26,28,30). The molecule has 3 heterocycles. The van der Waals surface area contributed by atoms with E-state index in [4.69, 9.17) is 4.74 Å². The van der Waals surface area contributed by atoms with Crippen LogP contribution in [-0.2, 0) is 11.3 Å². The summed E-state index contributed by atoms with van der Waals surface area (Å²) in [5.74, 6) is 0.538. The number of carbonyl (C=O) groups excluding carboxylic acids is 2. The topological polar surface area (TPSA) is 116 Å². The first-order valence-electron chi connectivity index (χ1n) is 10.5. The maximum Gasteiger partial charge on any atom is 0.412 e. The lowest BCUT2D eigenvalue weighted by Crippen LogP contribution is -2.33. The number of piperidine rings is 1. The second-order valence-electron chi connectivity index (χ2n) is 7.61. The highest BCUT2D eigenvalue weighted by molar-refractivity contribution is 5.92. The van der Waals surface area contributed by atoms with Crippen LogP contribution in [0.3, 0.4) is 0 Å². The van der Waals surface area contributed by atoms with Crippen molar-refractivity contribution in [1.29, 1.82) is 0 Å². The molecule has 1 saturated heterocycles. The van der Waals surface area contributed by atoms with E-state index in [0.29, 0.717) is 24.0 Å². The van der Waals surface area contributed by atoms with Crippen molar-refractivity contribution in [2.24, 2.45) is 0 Å². The van der Waals surface area contributed by atoms with Gasteiger partial charge in [0.05, 0.1) is 6.61 Å². The van der Waals surface area contributed by atoms with Crippen LogP contribution in [0.1, 0.15) is 53.0 Å². The summed E-state index contributed by atoms with van der Waals surface area (Å²) < 4.78 is 4.86. The van der Waals surface area contributed by atoms with Gasteiger partial charge in [0.25, 0.3) is 5.91 Å². The summed E-state index contributed by atoms with van der Waals surface area (Å²) in [6, 6.07) is 7.10. The Hall–Kier alpha value is -3.20. The number of aromatic nitrogens is 2. The number of pyridine rings is 2. The number of amides is 2. The third-order valence-corrected chi connectivity index (χ3v) is 5.44. The van der Waals surface area contributed by atoms with Gasteiger partial charge in [0.2, 0.25) is 5.56 Å². The molecule has 0 aromatic carbocycles. The van der Waals surface area contributed by atoms with Gasteiger partial charge in [-0.05, 0) is 69.0 Å². The minimum absolute atomic E-state index is 0.181. The predicted octanol–water partition coefficient (Wildman–Crippen LogP) is 2.39. The Bertz CT molecular complexity index is 996. The highest BCUT2D eigenvalue weighted by Gasteiger charge is 2.23. The quantitative estimate of drug-likeness (QED) is 0.652. The summed E-state index contributed by atoms with van der Waals surface area (Å²) in [4.78, 5) is 44.7. The van der Waals surface area contributed by atoms with Gasteiger partial charge in [-0.15, -0.1) is 0 Å². The molecule has 1 aliphatic rings. The van der Waals surface area contributed by atoms with Crippen molar-refractivity contribution in [3.63, 3.8) is 0 Å². The third-order valence-electron chi connectivity index (χ3n) is 5.44. The Morgan fingerprint density at radius 3 is 2.65 bits per heavy atom. The minimum atomic E-state index is -0.595. The van der Waals surface area contributed by atoms with Gasteiger partial charge in [0.15, 0.2) is 0 Å². The first kappa shape index (κ1) is 22.5. The average Bonchev–Trinajstić information content (AvgIpc) is 2.73. The SMILES string of the molecule is CCOC(=O)Nc1cc(CN2CCC(c3ccc(C(=O)NC)nc3C)CC2)cc(=O)[nH]1. The number of nitrogens with zero attached hydrogens (tertiary/aromatic N) is 2. The van der Waals surface area contributed by atoms with Crippen LogP contribution in [-0.4, -0.2) is 53.6 Å². The fourth-order valence-electron chi connectivity index (χ4n) is 3.95. The van der Waals surface area contributed by atoms with Crippen LogP contribution in [0.5, 0.6) is 0 Å². The Balaban J connectivity index is 1.60. The molecule has 9 heteroatoms. The van der Waals surface area contributed by atoms with Crippen LogP contribution in [0.15, 0.2) is 29.1 Å². The number of rotatable bonds is 6. The molecule has 0 unspecified atom stereocenters. The van der Waals surface area contributed by atoms with Crippen molar-refractivity contribution in [1.82, 2.24) is 20.2 Å². The maximum absolute atomic E-state index is 12.0. The van der Waals surface area contributed by atoms with Crippen LogP contribution in [0, 0.1) is 6.92 Å². The zero-order chi connectivity index (χ0) is 22.4. The highest BCUT2D eigenvalue weighted by Crippen LogP contribution is 2.30. The van der Waals surface area contributed by atoms with Gasteiger partial charge >= 0.3 is 6.09 Å². The normalized spacial score (nSPS) is 14.8. The molecule has 2 amide bonds. The molecule has 3 N–H and O–H groups in total. The van der Waals surface area contributed by atoms with Crippen LogP contribution in [0.25, 0.3) is 0 Å². The molecule has 0 saturated carbocycles. The Morgan fingerprint density at radius 2 is 2.00 bits per heavy atom. The van der Waals surface area contributed by atoms with Crippen molar-refractivity contribution in [2.75, 3.05) is 32.1 Å². The molecule has 0 radical (unpaired) electrons. The highest BCUT2D eigenvalue weighted by atomic mass is 16.5. The molecule has 31 heavy (non-hydrogen) atoms. The number of hydrogen-bond donors (Lipinski definition) is 3. The molecule has 0 aliphatic carbocycles. The van der Waals surface area contributed by atoms with Gasteiger partial charge in [-0.3, -0.25) is 19.8 Å². The Morgan fingerprint density at radius 1 is 1.26 bits per heavy atom. The average molecular weight is 428 g/mol. The minimum Gasteiger partial charge on any atom is -0.450 e. The van der Waals surface area contributed by atoms with E-state index in [1.165, 1.54) is 5.56 Å². The van der Waals surface area contributed by atoms with E-state index in [1.54, 1.807) is 32.2 Å². The molecule has 1 fully saturated rings. The van der Waals surface area contributed by atoms with E-state index in [1.807, 2.05) is 13.0 Å². The number of ether oxygens (including phenoxy) is 1. The van der Waals surface area contributed by atoms with Crippen LogP contribution < -0.4 is 16.2 Å². The zero-order valence-electron chi connectivity index (χ0n) is 18.2. The molecule has 9 nitrogen and oxygen atoms in total. The Kier molecular flexibility index (Phi) is 7.41. The fourth-order valence-corrected chi connectivity index (χ4v) is 3.95.